The lowest BCUT2D eigenvalue weighted by Crippen LogP contribution is -2.26. The Kier molecular flexibility index (Phi) is 2.69. The molecule has 4 nitrogen and oxygen atoms in total. The van der Waals surface area contributed by atoms with Gasteiger partial charge >= 0.3 is 0 Å². The highest BCUT2D eigenvalue weighted by molar-refractivity contribution is 5.93. The van der Waals surface area contributed by atoms with E-state index in [9.17, 15) is 4.79 Å². The Morgan fingerprint density at radius 3 is 2.67 bits per heavy atom. The molecule has 76 valence electrons. The number of rotatable bonds is 3. The average molecular weight is 202 g/mol. The van der Waals surface area contributed by atoms with Gasteiger partial charge in [-0.15, -0.1) is 0 Å². The quantitative estimate of drug-likeness (QED) is 0.745. The van der Waals surface area contributed by atoms with Gasteiger partial charge in [0, 0.05) is 12.4 Å². The van der Waals surface area contributed by atoms with Crippen molar-refractivity contribution in [2.75, 3.05) is 0 Å². The van der Waals surface area contributed by atoms with Gasteiger partial charge in [0.15, 0.2) is 5.75 Å². The largest absolute Gasteiger partial charge is 0.379 e. The van der Waals surface area contributed by atoms with E-state index >= 15 is 0 Å². The predicted octanol–water partition coefficient (Wildman–Crippen LogP) is 1.74. The summed E-state index contributed by atoms with van der Waals surface area (Å²) in [5.41, 5.74) is 2.88. The first kappa shape index (κ1) is 9.33. The van der Waals surface area contributed by atoms with Crippen molar-refractivity contribution in [2.24, 2.45) is 0 Å². The molecule has 1 amide bonds. The fourth-order valence-corrected chi connectivity index (χ4v) is 1.12. The molecule has 0 atom stereocenters. The molecule has 0 unspecified atom stereocenters. The average Bonchev–Trinajstić information content (AvgIpc) is 2.81. The van der Waals surface area contributed by atoms with Crippen LogP contribution in [0.5, 0.6) is 5.75 Å². The molecular formula is C11H10N2O2. The van der Waals surface area contributed by atoms with Gasteiger partial charge in [-0.1, -0.05) is 18.2 Å². The van der Waals surface area contributed by atoms with Crippen LogP contribution in [0.25, 0.3) is 0 Å². The minimum absolute atomic E-state index is 0.278. The van der Waals surface area contributed by atoms with E-state index in [1.54, 1.807) is 30.6 Å². The summed E-state index contributed by atoms with van der Waals surface area (Å²) < 4.78 is 0. The molecule has 0 bridgehead atoms. The Labute approximate surface area is 86.8 Å². The number of benzene rings is 1. The zero-order chi connectivity index (χ0) is 10.5. The first-order valence-corrected chi connectivity index (χ1v) is 4.51. The van der Waals surface area contributed by atoms with E-state index in [4.69, 9.17) is 4.84 Å². The topological polar surface area (TPSA) is 54.1 Å². The summed E-state index contributed by atoms with van der Waals surface area (Å²) in [6.45, 7) is 0. The second-order valence-electron chi connectivity index (χ2n) is 2.95. The molecule has 15 heavy (non-hydrogen) atoms. The summed E-state index contributed by atoms with van der Waals surface area (Å²) in [6, 6.07) is 10.7. The first-order chi connectivity index (χ1) is 7.36. The predicted molar refractivity (Wildman–Crippen MR) is 55.3 cm³/mol. The molecule has 0 aliphatic rings. The Balaban J connectivity index is 1.92. The maximum Gasteiger partial charge on any atom is 0.285 e. The zero-order valence-electron chi connectivity index (χ0n) is 7.94. The van der Waals surface area contributed by atoms with Crippen molar-refractivity contribution in [2.45, 2.75) is 0 Å². The second kappa shape index (κ2) is 4.32. The van der Waals surface area contributed by atoms with E-state index in [0.717, 1.165) is 0 Å². The highest BCUT2D eigenvalue weighted by Crippen LogP contribution is 2.06. The number of hydrogen-bond acceptors (Lipinski definition) is 2. The number of para-hydroxylation sites is 1. The van der Waals surface area contributed by atoms with Gasteiger partial charge in [0.1, 0.15) is 0 Å². The maximum absolute atomic E-state index is 11.4. The summed E-state index contributed by atoms with van der Waals surface area (Å²) in [5.74, 6) is 0.321. The number of nitrogens with one attached hydrogen (secondary N) is 2. The van der Waals surface area contributed by atoms with Crippen LogP contribution in [0, 0.1) is 0 Å². The highest BCUT2D eigenvalue weighted by atomic mass is 16.7. The van der Waals surface area contributed by atoms with Gasteiger partial charge in [-0.3, -0.25) is 4.79 Å². The van der Waals surface area contributed by atoms with E-state index in [2.05, 4.69) is 10.5 Å². The van der Waals surface area contributed by atoms with Crippen molar-refractivity contribution < 1.29 is 9.63 Å². The number of hydrogen-bond donors (Lipinski definition) is 2. The molecule has 0 saturated heterocycles. The molecule has 2 rings (SSSR count). The third-order valence-corrected chi connectivity index (χ3v) is 1.86. The molecule has 1 aromatic heterocycles. The molecule has 0 saturated carbocycles. The Hall–Kier alpha value is -2.23. The smallest absolute Gasteiger partial charge is 0.285 e. The molecule has 4 heteroatoms. The fraction of sp³-hybridized carbons (Fsp3) is 0. The van der Waals surface area contributed by atoms with E-state index in [-0.39, 0.29) is 5.91 Å². The van der Waals surface area contributed by atoms with E-state index < -0.39 is 0 Å². The van der Waals surface area contributed by atoms with Gasteiger partial charge in [0.2, 0.25) is 0 Å². The third-order valence-electron chi connectivity index (χ3n) is 1.86. The lowest BCUT2D eigenvalue weighted by molar-refractivity contribution is 0.0760. The molecule has 0 aliphatic heterocycles. The Morgan fingerprint density at radius 1 is 1.20 bits per heavy atom. The van der Waals surface area contributed by atoms with Crippen molar-refractivity contribution in [3.05, 3.63) is 54.4 Å². The summed E-state index contributed by atoms with van der Waals surface area (Å²) >= 11 is 0. The molecule has 0 radical (unpaired) electrons. The van der Waals surface area contributed by atoms with Crippen molar-refractivity contribution in [3.8, 4) is 5.75 Å². The maximum atomic E-state index is 11.4. The van der Waals surface area contributed by atoms with Gasteiger partial charge in [-0.05, 0) is 18.2 Å². The summed E-state index contributed by atoms with van der Waals surface area (Å²) in [6.07, 6.45) is 3.28. The Morgan fingerprint density at radius 2 is 2.00 bits per heavy atom. The van der Waals surface area contributed by atoms with E-state index in [1.807, 2.05) is 18.2 Å². The van der Waals surface area contributed by atoms with Crippen molar-refractivity contribution >= 4 is 5.91 Å². The van der Waals surface area contributed by atoms with Gasteiger partial charge in [0.05, 0.1) is 5.56 Å². The monoisotopic (exact) mass is 202 g/mol. The van der Waals surface area contributed by atoms with Crippen molar-refractivity contribution in [3.63, 3.8) is 0 Å². The summed E-state index contributed by atoms with van der Waals surface area (Å²) in [5, 5.41) is 0. The number of hydroxylamine groups is 1. The molecule has 0 spiro atoms. The van der Waals surface area contributed by atoms with Crippen LogP contribution in [0.2, 0.25) is 0 Å². The second-order valence-corrected chi connectivity index (χ2v) is 2.95. The van der Waals surface area contributed by atoms with Crippen LogP contribution < -0.4 is 10.3 Å². The minimum Gasteiger partial charge on any atom is -0.379 e. The number of carbonyl (C=O) groups is 1. The third kappa shape index (κ3) is 2.37. The summed E-state index contributed by atoms with van der Waals surface area (Å²) in [7, 11) is 0. The molecule has 1 heterocycles. The fourth-order valence-electron chi connectivity index (χ4n) is 1.12. The Bertz CT molecular complexity index is 423. The van der Waals surface area contributed by atoms with Crippen LogP contribution in [0.1, 0.15) is 10.4 Å². The number of aromatic amines is 1. The molecule has 2 aromatic rings. The molecule has 1 aromatic carbocycles. The number of carbonyl (C=O) groups excluding carboxylic acids is 1. The van der Waals surface area contributed by atoms with Crippen molar-refractivity contribution in [1.82, 2.24) is 10.5 Å². The van der Waals surface area contributed by atoms with E-state index in [1.165, 1.54) is 0 Å². The van der Waals surface area contributed by atoms with Crippen molar-refractivity contribution in [1.29, 1.82) is 0 Å². The van der Waals surface area contributed by atoms with Crippen LogP contribution in [-0.4, -0.2) is 10.9 Å². The zero-order valence-corrected chi connectivity index (χ0v) is 7.94. The summed E-state index contributed by atoms with van der Waals surface area (Å²) in [4.78, 5) is 19.3. The van der Waals surface area contributed by atoms with Gasteiger partial charge < -0.3 is 9.82 Å². The van der Waals surface area contributed by atoms with E-state index in [0.29, 0.717) is 11.3 Å². The number of aromatic nitrogens is 1. The van der Waals surface area contributed by atoms with Crippen LogP contribution in [-0.2, 0) is 0 Å². The standard InChI is InChI=1S/C11H10N2O2/c14-11(9-6-7-12-8-9)13-15-10-4-2-1-3-5-10/h1-8,12H,(H,13,14). The van der Waals surface area contributed by atoms with Crippen LogP contribution >= 0.6 is 0 Å². The normalized spacial score (nSPS) is 9.60. The number of H-pyrrole nitrogens is 1. The molecule has 0 fully saturated rings. The number of amides is 1. The molecule has 2 N–H and O–H groups in total. The van der Waals surface area contributed by atoms with Crippen LogP contribution in [0.4, 0.5) is 0 Å². The van der Waals surface area contributed by atoms with Crippen LogP contribution in [0.15, 0.2) is 48.8 Å². The lowest BCUT2D eigenvalue weighted by Gasteiger charge is -2.04. The molecule has 0 aliphatic carbocycles. The van der Waals surface area contributed by atoms with Gasteiger partial charge in [-0.25, -0.2) is 0 Å². The SMILES string of the molecule is O=C(NOc1ccccc1)c1cc[nH]c1. The molecular weight excluding hydrogens is 192 g/mol. The van der Waals surface area contributed by atoms with Gasteiger partial charge in [0.25, 0.3) is 5.91 Å². The first-order valence-electron chi connectivity index (χ1n) is 4.51. The van der Waals surface area contributed by atoms with Gasteiger partial charge in [-0.2, -0.15) is 5.48 Å². The van der Waals surface area contributed by atoms with Crippen LogP contribution in [0.3, 0.4) is 0 Å². The highest BCUT2D eigenvalue weighted by Gasteiger charge is 2.05. The lowest BCUT2D eigenvalue weighted by atomic mass is 10.3. The minimum atomic E-state index is -0.278.